The second-order valence-corrected chi connectivity index (χ2v) is 6.51. The van der Waals surface area contributed by atoms with E-state index in [0.29, 0.717) is 12.1 Å². The van der Waals surface area contributed by atoms with Gasteiger partial charge in [-0.3, -0.25) is 4.90 Å². The van der Waals surface area contributed by atoms with E-state index in [4.69, 9.17) is 9.15 Å². The van der Waals surface area contributed by atoms with E-state index in [2.05, 4.69) is 24.0 Å². The molecule has 1 aromatic heterocycles. The lowest BCUT2D eigenvalue weighted by molar-refractivity contribution is 0.310. The Hall–Kier alpha value is -2.59. The predicted molar refractivity (Wildman–Crippen MR) is 100 cm³/mol. The van der Waals surface area contributed by atoms with Crippen molar-refractivity contribution in [2.75, 3.05) is 14.2 Å². The number of aryl methyl sites for hydroxylation is 2. The van der Waals surface area contributed by atoms with Gasteiger partial charge in [0.25, 0.3) is 0 Å². The van der Waals surface area contributed by atoms with Crippen molar-refractivity contribution in [2.45, 2.75) is 26.9 Å². The van der Waals surface area contributed by atoms with Crippen LogP contribution in [-0.2, 0) is 13.1 Å². The Labute approximate surface area is 147 Å². The van der Waals surface area contributed by atoms with E-state index in [1.807, 2.05) is 38.2 Å². The van der Waals surface area contributed by atoms with E-state index >= 15 is 0 Å². The van der Waals surface area contributed by atoms with E-state index in [1.165, 1.54) is 5.56 Å². The third-order valence-corrected chi connectivity index (χ3v) is 4.52. The monoisotopic (exact) mass is 337 g/mol. The molecule has 3 rings (SSSR count). The third-order valence-electron chi connectivity index (χ3n) is 4.52. The van der Waals surface area contributed by atoms with E-state index < -0.39 is 0 Å². The van der Waals surface area contributed by atoms with Gasteiger partial charge < -0.3 is 9.15 Å². The lowest BCUT2D eigenvalue weighted by Crippen LogP contribution is -2.19. The molecule has 3 aromatic rings. The number of methoxy groups -OCH3 is 1. The molecule has 0 fully saturated rings. The fourth-order valence-corrected chi connectivity index (χ4v) is 3.08. The molecule has 0 radical (unpaired) electrons. The normalized spacial score (nSPS) is 11.2. The van der Waals surface area contributed by atoms with Gasteiger partial charge in [-0.15, -0.1) is 0 Å². The van der Waals surface area contributed by atoms with Gasteiger partial charge in [-0.05, 0) is 55.8 Å². The number of ether oxygens (including phenoxy) is 1. The lowest BCUT2D eigenvalue weighted by Gasteiger charge is -2.19. The average Bonchev–Trinajstić information content (AvgIpc) is 2.57. The minimum atomic E-state index is -0.309. The summed E-state index contributed by atoms with van der Waals surface area (Å²) in [4.78, 5) is 14.1. The van der Waals surface area contributed by atoms with Gasteiger partial charge in [0.05, 0.1) is 7.11 Å². The molecule has 4 nitrogen and oxygen atoms in total. The molecule has 0 aliphatic rings. The fourth-order valence-electron chi connectivity index (χ4n) is 3.08. The molecule has 130 valence electrons. The zero-order valence-electron chi connectivity index (χ0n) is 15.1. The summed E-state index contributed by atoms with van der Waals surface area (Å²) in [5, 5.41) is 0.995. The largest absolute Gasteiger partial charge is 0.496 e. The number of fused-ring (bicyclic) bond motifs is 1. The first-order chi connectivity index (χ1) is 12.0. The Morgan fingerprint density at radius 2 is 1.68 bits per heavy atom. The van der Waals surface area contributed by atoms with Crippen LogP contribution in [0.5, 0.6) is 5.75 Å². The summed E-state index contributed by atoms with van der Waals surface area (Å²) in [5.74, 6) is 0.873. The number of para-hydroxylation sites is 1. The molecule has 0 saturated heterocycles. The maximum atomic E-state index is 11.9. The van der Waals surface area contributed by atoms with Gasteiger partial charge in [0.2, 0.25) is 0 Å². The summed E-state index contributed by atoms with van der Waals surface area (Å²) in [6.07, 6.45) is 0. The number of rotatable bonds is 5. The SMILES string of the molecule is COc1ccccc1CN(C)Cc1cc(=O)oc2cc(C)c(C)cc12. The van der Waals surface area contributed by atoms with Gasteiger partial charge in [-0.2, -0.15) is 0 Å². The minimum Gasteiger partial charge on any atom is -0.496 e. The number of hydrogen-bond donors (Lipinski definition) is 0. The van der Waals surface area contributed by atoms with Crippen LogP contribution >= 0.6 is 0 Å². The molecule has 4 heteroatoms. The van der Waals surface area contributed by atoms with Crippen molar-refractivity contribution in [3.8, 4) is 5.75 Å². The average molecular weight is 337 g/mol. The summed E-state index contributed by atoms with van der Waals surface area (Å²) in [6.45, 7) is 5.48. The highest BCUT2D eigenvalue weighted by Gasteiger charge is 2.11. The van der Waals surface area contributed by atoms with Crippen LogP contribution in [0, 0.1) is 13.8 Å². The van der Waals surface area contributed by atoms with Crippen molar-refractivity contribution >= 4 is 11.0 Å². The first-order valence-corrected chi connectivity index (χ1v) is 8.32. The zero-order chi connectivity index (χ0) is 18.0. The molecule has 1 heterocycles. The molecule has 0 N–H and O–H groups in total. The molecule has 0 spiro atoms. The van der Waals surface area contributed by atoms with Crippen LogP contribution in [0.1, 0.15) is 22.3 Å². The van der Waals surface area contributed by atoms with Crippen molar-refractivity contribution in [2.24, 2.45) is 0 Å². The quantitative estimate of drug-likeness (QED) is 0.659. The van der Waals surface area contributed by atoms with Crippen molar-refractivity contribution in [1.29, 1.82) is 0 Å². The summed E-state index contributed by atoms with van der Waals surface area (Å²) < 4.78 is 10.8. The molecule has 0 saturated carbocycles. The van der Waals surface area contributed by atoms with E-state index in [1.54, 1.807) is 13.2 Å². The smallest absolute Gasteiger partial charge is 0.336 e. The van der Waals surface area contributed by atoms with Crippen LogP contribution in [-0.4, -0.2) is 19.1 Å². The van der Waals surface area contributed by atoms with Gasteiger partial charge in [0.15, 0.2) is 0 Å². The number of nitrogens with zero attached hydrogens (tertiary/aromatic N) is 1. The van der Waals surface area contributed by atoms with Crippen LogP contribution in [0.4, 0.5) is 0 Å². The van der Waals surface area contributed by atoms with Crippen LogP contribution in [0.2, 0.25) is 0 Å². The van der Waals surface area contributed by atoms with Crippen molar-refractivity contribution < 1.29 is 9.15 Å². The molecule has 0 amide bonds. The highest BCUT2D eigenvalue weighted by atomic mass is 16.5. The van der Waals surface area contributed by atoms with E-state index in [9.17, 15) is 4.79 Å². The van der Waals surface area contributed by atoms with Crippen LogP contribution in [0.15, 0.2) is 51.7 Å². The summed E-state index contributed by atoms with van der Waals surface area (Å²) in [6, 6.07) is 13.6. The fraction of sp³-hybridized carbons (Fsp3) is 0.286. The highest BCUT2D eigenvalue weighted by molar-refractivity contribution is 5.81. The maximum absolute atomic E-state index is 11.9. The summed E-state index contributed by atoms with van der Waals surface area (Å²) in [5.41, 5.74) is 4.75. The molecule has 0 aliphatic carbocycles. The lowest BCUT2D eigenvalue weighted by atomic mass is 10.0. The van der Waals surface area contributed by atoms with Gasteiger partial charge in [-0.1, -0.05) is 18.2 Å². The highest BCUT2D eigenvalue weighted by Crippen LogP contribution is 2.24. The van der Waals surface area contributed by atoms with Gasteiger partial charge in [0, 0.05) is 30.1 Å². The Balaban J connectivity index is 1.92. The van der Waals surface area contributed by atoms with Gasteiger partial charge >= 0.3 is 5.63 Å². The molecule has 0 aliphatic heterocycles. The summed E-state index contributed by atoms with van der Waals surface area (Å²) >= 11 is 0. The molecular formula is C21H23NO3. The van der Waals surface area contributed by atoms with Crippen LogP contribution < -0.4 is 10.4 Å². The molecule has 25 heavy (non-hydrogen) atoms. The number of hydrogen-bond acceptors (Lipinski definition) is 4. The minimum absolute atomic E-state index is 0.309. The second-order valence-electron chi connectivity index (χ2n) is 6.51. The van der Waals surface area contributed by atoms with Gasteiger partial charge in [0.1, 0.15) is 11.3 Å². The molecule has 0 atom stereocenters. The standard InChI is InChI=1S/C21H23NO3/c1-14-9-18-17(11-21(23)25-20(18)10-15(14)2)13-22(3)12-16-7-5-6-8-19(16)24-4/h5-11H,12-13H2,1-4H3. The Kier molecular flexibility index (Phi) is 4.91. The Morgan fingerprint density at radius 3 is 2.44 bits per heavy atom. The van der Waals surface area contributed by atoms with Crippen molar-refractivity contribution in [1.82, 2.24) is 4.90 Å². The van der Waals surface area contributed by atoms with E-state index in [0.717, 1.165) is 34.4 Å². The third kappa shape index (κ3) is 3.74. The van der Waals surface area contributed by atoms with Crippen LogP contribution in [0.25, 0.3) is 11.0 Å². The molecule has 0 bridgehead atoms. The topological polar surface area (TPSA) is 42.7 Å². The molecule has 2 aromatic carbocycles. The molecular weight excluding hydrogens is 314 g/mol. The van der Waals surface area contributed by atoms with Crippen molar-refractivity contribution in [3.05, 3.63) is 75.1 Å². The second kappa shape index (κ2) is 7.11. The molecule has 0 unspecified atom stereocenters. The summed E-state index contributed by atoms with van der Waals surface area (Å²) in [7, 11) is 3.72. The Bertz CT molecular complexity index is 959. The van der Waals surface area contributed by atoms with Gasteiger partial charge in [-0.25, -0.2) is 4.79 Å². The zero-order valence-corrected chi connectivity index (χ0v) is 15.1. The van der Waals surface area contributed by atoms with E-state index in [-0.39, 0.29) is 5.63 Å². The van der Waals surface area contributed by atoms with Crippen LogP contribution in [0.3, 0.4) is 0 Å². The first-order valence-electron chi connectivity index (χ1n) is 8.32. The predicted octanol–water partition coefficient (Wildman–Crippen LogP) is 4.05. The maximum Gasteiger partial charge on any atom is 0.336 e. The van der Waals surface area contributed by atoms with Crippen molar-refractivity contribution in [3.63, 3.8) is 0 Å². The first kappa shape index (κ1) is 17.2. The Morgan fingerprint density at radius 1 is 1.00 bits per heavy atom. The number of benzene rings is 2.